The average molecular weight is 236 g/mol. The van der Waals surface area contributed by atoms with Crippen LogP contribution in [-0.2, 0) is 8.85 Å². The number of aliphatic hydroxyl groups excluding tert-OH is 1. The molecule has 1 atom stereocenters. The van der Waals surface area contributed by atoms with E-state index in [1.807, 2.05) is 6.92 Å². The van der Waals surface area contributed by atoms with Gasteiger partial charge >= 0.3 is 0 Å². The molecule has 0 aliphatic rings. The van der Waals surface area contributed by atoms with Gasteiger partial charge in [0.05, 0.1) is 11.8 Å². The molecule has 0 fully saturated rings. The Morgan fingerprint density at radius 1 is 1.36 bits per heavy atom. The van der Waals surface area contributed by atoms with Gasteiger partial charge in [-0.3, -0.25) is 0 Å². The average Bonchev–Trinajstić information content (AvgIpc) is 2.10. The first-order valence-corrected chi connectivity index (χ1v) is 9.91. The predicted octanol–water partition coefficient (Wildman–Crippen LogP) is 1.06. The highest BCUT2D eigenvalue weighted by molar-refractivity contribution is 6.74. The molecule has 1 unspecified atom stereocenters. The molecular formula is C9H24O3Si2. The molecule has 0 heterocycles. The maximum atomic E-state index is 9.25. The molecule has 0 saturated heterocycles. The van der Waals surface area contributed by atoms with Gasteiger partial charge in [0.25, 0.3) is 0 Å². The van der Waals surface area contributed by atoms with Gasteiger partial charge in [-0.15, -0.1) is 0 Å². The Bertz CT molecular complexity index is 159. The highest BCUT2D eigenvalue weighted by atomic mass is 28.4. The van der Waals surface area contributed by atoms with Crippen LogP contribution in [0.2, 0.25) is 19.6 Å². The van der Waals surface area contributed by atoms with Gasteiger partial charge < -0.3 is 14.0 Å². The maximum absolute atomic E-state index is 9.25. The molecule has 3 nitrogen and oxygen atoms in total. The summed E-state index contributed by atoms with van der Waals surface area (Å²) in [7, 11) is -2.26. The second-order valence-electron chi connectivity index (χ2n) is 4.86. The first kappa shape index (κ1) is 14.3. The van der Waals surface area contributed by atoms with Crippen molar-refractivity contribution in [2.45, 2.75) is 45.1 Å². The SMILES string of the molecule is CCCOC(C)(CO)[SiH2]O[Si](C)(C)C. The molecule has 86 valence electrons. The zero-order chi connectivity index (χ0) is 11.2. The molecule has 0 aromatic heterocycles. The molecular weight excluding hydrogens is 212 g/mol. The number of hydrogen-bond acceptors (Lipinski definition) is 3. The molecule has 0 aliphatic heterocycles. The lowest BCUT2D eigenvalue weighted by Crippen LogP contribution is -2.45. The van der Waals surface area contributed by atoms with E-state index in [1.54, 1.807) is 0 Å². The van der Waals surface area contributed by atoms with Gasteiger partial charge in [-0.25, -0.2) is 0 Å². The highest BCUT2D eigenvalue weighted by Gasteiger charge is 2.28. The lowest BCUT2D eigenvalue weighted by atomic mass is 10.4. The first-order valence-electron chi connectivity index (χ1n) is 5.22. The Morgan fingerprint density at radius 2 is 1.93 bits per heavy atom. The zero-order valence-electron chi connectivity index (χ0n) is 10.1. The zero-order valence-corrected chi connectivity index (χ0v) is 12.5. The van der Waals surface area contributed by atoms with E-state index in [-0.39, 0.29) is 6.61 Å². The molecule has 0 saturated carbocycles. The summed E-state index contributed by atoms with van der Waals surface area (Å²) in [4.78, 5) is 0. The van der Waals surface area contributed by atoms with Gasteiger partial charge in [0, 0.05) is 6.61 Å². The van der Waals surface area contributed by atoms with Crippen molar-refractivity contribution in [1.82, 2.24) is 0 Å². The molecule has 0 aliphatic carbocycles. The summed E-state index contributed by atoms with van der Waals surface area (Å²) < 4.78 is 11.5. The number of rotatable bonds is 7. The van der Waals surface area contributed by atoms with Crippen LogP contribution in [0.25, 0.3) is 0 Å². The van der Waals surface area contributed by atoms with Crippen LogP contribution in [0.5, 0.6) is 0 Å². The lowest BCUT2D eigenvalue weighted by molar-refractivity contribution is -0.0154. The first-order chi connectivity index (χ1) is 6.33. The Hall–Kier alpha value is 0.314. The molecule has 5 heteroatoms. The molecule has 0 bridgehead atoms. The van der Waals surface area contributed by atoms with Crippen molar-refractivity contribution in [3.05, 3.63) is 0 Å². The Labute approximate surface area is 90.9 Å². The normalized spacial score (nSPS) is 17.6. The number of aliphatic hydroxyl groups is 1. The third-order valence-electron chi connectivity index (χ3n) is 1.80. The van der Waals surface area contributed by atoms with E-state index in [0.29, 0.717) is 6.61 Å². The number of hydrogen-bond donors (Lipinski definition) is 1. The van der Waals surface area contributed by atoms with E-state index in [2.05, 4.69) is 26.6 Å². The monoisotopic (exact) mass is 236 g/mol. The molecule has 0 amide bonds. The molecule has 0 aromatic rings. The lowest BCUT2D eigenvalue weighted by Gasteiger charge is -2.30. The summed E-state index contributed by atoms with van der Waals surface area (Å²) in [5.74, 6) is 0. The van der Waals surface area contributed by atoms with E-state index in [9.17, 15) is 5.11 Å². The summed E-state index contributed by atoms with van der Waals surface area (Å²) in [5, 5.41) is 8.86. The minimum atomic E-state index is -1.45. The Morgan fingerprint density at radius 3 is 2.29 bits per heavy atom. The molecule has 1 N–H and O–H groups in total. The van der Waals surface area contributed by atoms with E-state index < -0.39 is 23.3 Å². The van der Waals surface area contributed by atoms with Crippen LogP contribution in [0.1, 0.15) is 20.3 Å². The van der Waals surface area contributed by atoms with Crippen LogP contribution in [-0.4, -0.2) is 41.6 Å². The third kappa shape index (κ3) is 6.72. The van der Waals surface area contributed by atoms with Crippen LogP contribution in [0.4, 0.5) is 0 Å². The van der Waals surface area contributed by atoms with Gasteiger partial charge in [-0.1, -0.05) is 6.92 Å². The Kier molecular flexibility index (Phi) is 6.15. The largest absolute Gasteiger partial charge is 0.458 e. The fraction of sp³-hybridized carbons (Fsp3) is 1.00. The van der Waals surface area contributed by atoms with Crippen LogP contribution in [0, 0.1) is 0 Å². The third-order valence-corrected chi connectivity index (χ3v) is 6.88. The molecule has 0 spiro atoms. The van der Waals surface area contributed by atoms with Crippen molar-refractivity contribution >= 4 is 18.1 Å². The van der Waals surface area contributed by atoms with Gasteiger partial charge in [0.15, 0.2) is 18.1 Å². The van der Waals surface area contributed by atoms with Crippen molar-refractivity contribution in [2.75, 3.05) is 13.2 Å². The second-order valence-corrected chi connectivity index (χ2v) is 12.0. The van der Waals surface area contributed by atoms with E-state index >= 15 is 0 Å². The van der Waals surface area contributed by atoms with Crippen LogP contribution in [0.3, 0.4) is 0 Å². The summed E-state index contributed by atoms with van der Waals surface area (Å²) in [6, 6.07) is 0. The van der Waals surface area contributed by atoms with E-state index in [4.69, 9.17) is 8.85 Å². The number of ether oxygens (including phenoxy) is 1. The molecule has 0 aromatic carbocycles. The van der Waals surface area contributed by atoms with Crippen LogP contribution < -0.4 is 0 Å². The summed E-state index contributed by atoms with van der Waals surface area (Å²) in [6.07, 6.45) is 0.983. The van der Waals surface area contributed by atoms with E-state index in [0.717, 1.165) is 6.42 Å². The molecule has 0 radical (unpaired) electrons. The highest BCUT2D eigenvalue weighted by Crippen LogP contribution is 2.12. The summed E-state index contributed by atoms with van der Waals surface area (Å²) >= 11 is 0. The van der Waals surface area contributed by atoms with Crippen LogP contribution in [0.15, 0.2) is 0 Å². The fourth-order valence-corrected chi connectivity index (χ4v) is 4.12. The molecule has 0 rings (SSSR count). The van der Waals surface area contributed by atoms with Crippen molar-refractivity contribution < 1.29 is 14.0 Å². The predicted molar refractivity (Wildman–Crippen MR) is 64.7 cm³/mol. The summed E-state index contributed by atoms with van der Waals surface area (Å²) in [6.45, 7) is 11.3. The second kappa shape index (κ2) is 6.02. The molecule has 14 heavy (non-hydrogen) atoms. The standard InChI is InChI=1S/C9H24O3Si2/c1-6-7-11-9(2,8-10)13-12-14(3,4)5/h10H,6-8,13H2,1-5H3. The van der Waals surface area contributed by atoms with E-state index in [1.165, 1.54) is 0 Å². The topological polar surface area (TPSA) is 38.7 Å². The van der Waals surface area contributed by atoms with Crippen molar-refractivity contribution in [3.63, 3.8) is 0 Å². The quantitative estimate of drug-likeness (QED) is 0.672. The van der Waals surface area contributed by atoms with Gasteiger partial charge in [-0.2, -0.15) is 0 Å². The van der Waals surface area contributed by atoms with Crippen molar-refractivity contribution in [1.29, 1.82) is 0 Å². The van der Waals surface area contributed by atoms with Gasteiger partial charge in [0.2, 0.25) is 0 Å². The fourth-order valence-electron chi connectivity index (χ4n) is 0.851. The Balaban J connectivity index is 3.98. The van der Waals surface area contributed by atoms with Crippen LogP contribution >= 0.6 is 0 Å². The van der Waals surface area contributed by atoms with Gasteiger partial charge in [0.1, 0.15) is 0 Å². The van der Waals surface area contributed by atoms with Crippen molar-refractivity contribution in [2.24, 2.45) is 0 Å². The smallest absolute Gasteiger partial charge is 0.182 e. The van der Waals surface area contributed by atoms with Gasteiger partial charge in [-0.05, 0) is 33.0 Å². The van der Waals surface area contributed by atoms with Crippen molar-refractivity contribution in [3.8, 4) is 0 Å². The minimum absolute atomic E-state index is 0.0731. The summed E-state index contributed by atoms with van der Waals surface area (Å²) in [5.41, 5.74) is 0. The maximum Gasteiger partial charge on any atom is 0.182 e. The minimum Gasteiger partial charge on any atom is -0.458 e.